The molecule has 1 N–H and O–H groups in total. The molecular formula is C27H27F3O7. The van der Waals surface area contributed by atoms with Gasteiger partial charge in [0.25, 0.3) is 0 Å². The quantitative estimate of drug-likeness (QED) is 0.300. The summed E-state index contributed by atoms with van der Waals surface area (Å²) >= 11 is 0. The van der Waals surface area contributed by atoms with Gasteiger partial charge in [-0.25, -0.2) is 0 Å². The van der Waals surface area contributed by atoms with Gasteiger partial charge >= 0.3 is 12.1 Å². The molecule has 37 heavy (non-hydrogen) atoms. The first-order valence-electron chi connectivity index (χ1n) is 11.1. The molecule has 10 heteroatoms. The number of aliphatic carboxylic acids is 1. The van der Waals surface area contributed by atoms with Crippen LogP contribution in [0.3, 0.4) is 0 Å². The van der Waals surface area contributed by atoms with Crippen LogP contribution in [0.5, 0.6) is 11.5 Å². The number of benzene rings is 3. The lowest BCUT2D eigenvalue weighted by molar-refractivity contribution is -0.141. The molecule has 0 atom stereocenters. The summed E-state index contributed by atoms with van der Waals surface area (Å²) in [4.78, 5) is 10.9. The minimum absolute atomic E-state index is 0.0509. The van der Waals surface area contributed by atoms with Crippen LogP contribution in [0.4, 0.5) is 13.2 Å². The summed E-state index contributed by atoms with van der Waals surface area (Å²) < 4.78 is 67.7. The SMILES string of the molecule is COCOc1c(C(F)(F)F)ccc(COc2ccc(-c3ccc(CC(=O)O)cc3)cc2)c1C(OC)OC. The number of rotatable bonds is 12. The van der Waals surface area contributed by atoms with E-state index in [2.05, 4.69) is 0 Å². The zero-order valence-corrected chi connectivity index (χ0v) is 20.5. The number of halogens is 3. The number of alkyl halides is 3. The van der Waals surface area contributed by atoms with E-state index in [9.17, 15) is 18.0 Å². The minimum Gasteiger partial charge on any atom is -0.489 e. The van der Waals surface area contributed by atoms with Gasteiger partial charge < -0.3 is 28.8 Å². The molecule has 7 nitrogen and oxygen atoms in total. The van der Waals surface area contributed by atoms with Gasteiger partial charge in [0, 0.05) is 26.9 Å². The predicted molar refractivity (Wildman–Crippen MR) is 128 cm³/mol. The van der Waals surface area contributed by atoms with E-state index < -0.39 is 36.5 Å². The van der Waals surface area contributed by atoms with E-state index in [1.54, 1.807) is 24.3 Å². The maximum Gasteiger partial charge on any atom is 0.419 e. The number of ether oxygens (including phenoxy) is 5. The highest BCUT2D eigenvalue weighted by Crippen LogP contribution is 2.43. The highest BCUT2D eigenvalue weighted by Gasteiger charge is 2.38. The molecule has 0 radical (unpaired) electrons. The summed E-state index contributed by atoms with van der Waals surface area (Å²) in [6, 6.07) is 16.5. The molecule has 0 saturated heterocycles. The molecule has 0 aliphatic heterocycles. The molecule has 0 heterocycles. The molecule has 0 amide bonds. The number of carboxylic acid groups (broad SMARTS) is 1. The van der Waals surface area contributed by atoms with E-state index in [0.717, 1.165) is 17.2 Å². The maximum absolute atomic E-state index is 13.7. The molecular weight excluding hydrogens is 493 g/mol. The number of carboxylic acids is 1. The molecule has 0 bridgehead atoms. The smallest absolute Gasteiger partial charge is 0.419 e. The molecule has 0 aromatic heterocycles. The number of hydrogen-bond acceptors (Lipinski definition) is 6. The average molecular weight is 521 g/mol. The second-order valence-electron chi connectivity index (χ2n) is 7.95. The van der Waals surface area contributed by atoms with Crippen molar-refractivity contribution >= 4 is 5.97 Å². The summed E-state index contributed by atoms with van der Waals surface area (Å²) in [5.74, 6) is -0.862. The van der Waals surface area contributed by atoms with Crippen molar-refractivity contribution < 1.29 is 46.8 Å². The lowest BCUT2D eigenvalue weighted by Crippen LogP contribution is -2.17. The van der Waals surface area contributed by atoms with Crippen LogP contribution < -0.4 is 9.47 Å². The van der Waals surface area contributed by atoms with Crippen LogP contribution in [0.25, 0.3) is 11.1 Å². The highest BCUT2D eigenvalue weighted by atomic mass is 19.4. The topological polar surface area (TPSA) is 83.5 Å². The van der Waals surface area contributed by atoms with E-state index >= 15 is 0 Å². The molecule has 0 aliphatic carbocycles. The molecule has 3 aromatic carbocycles. The van der Waals surface area contributed by atoms with Crippen LogP contribution in [-0.2, 0) is 38.2 Å². The average Bonchev–Trinajstić information content (AvgIpc) is 2.87. The first-order valence-corrected chi connectivity index (χ1v) is 11.1. The Balaban J connectivity index is 1.85. The lowest BCUT2D eigenvalue weighted by Gasteiger charge is -2.24. The van der Waals surface area contributed by atoms with Crippen molar-refractivity contribution in [3.05, 3.63) is 82.9 Å². The van der Waals surface area contributed by atoms with Crippen LogP contribution in [0, 0.1) is 0 Å². The Bertz CT molecular complexity index is 1170. The largest absolute Gasteiger partial charge is 0.489 e. The Labute approximate surface area is 212 Å². The Morgan fingerprint density at radius 1 is 0.865 bits per heavy atom. The number of hydrogen-bond donors (Lipinski definition) is 1. The fourth-order valence-corrected chi connectivity index (χ4v) is 3.75. The summed E-state index contributed by atoms with van der Waals surface area (Å²) in [5, 5.41) is 8.90. The van der Waals surface area contributed by atoms with E-state index in [4.69, 9.17) is 28.8 Å². The van der Waals surface area contributed by atoms with Crippen molar-refractivity contribution in [2.24, 2.45) is 0 Å². The summed E-state index contributed by atoms with van der Waals surface area (Å²) in [6.07, 6.45) is -5.87. The summed E-state index contributed by atoms with van der Waals surface area (Å²) in [6.45, 7) is -0.484. The van der Waals surface area contributed by atoms with E-state index in [0.29, 0.717) is 16.9 Å². The molecule has 0 fully saturated rings. The lowest BCUT2D eigenvalue weighted by atomic mass is 10.0. The highest BCUT2D eigenvalue weighted by molar-refractivity contribution is 5.71. The van der Waals surface area contributed by atoms with Crippen molar-refractivity contribution in [3.8, 4) is 22.6 Å². The van der Waals surface area contributed by atoms with E-state index in [1.807, 2.05) is 24.3 Å². The second kappa shape index (κ2) is 12.6. The first-order chi connectivity index (χ1) is 17.7. The monoisotopic (exact) mass is 520 g/mol. The Kier molecular flexibility index (Phi) is 9.51. The molecule has 3 aromatic rings. The minimum atomic E-state index is -4.68. The zero-order valence-electron chi connectivity index (χ0n) is 20.5. The van der Waals surface area contributed by atoms with Crippen LogP contribution in [0.15, 0.2) is 60.7 Å². The van der Waals surface area contributed by atoms with Crippen molar-refractivity contribution in [1.82, 2.24) is 0 Å². The van der Waals surface area contributed by atoms with Gasteiger partial charge in [0.2, 0.25) is 0 Å². The van der Waals surface area contributed by atoms with Crippen molar-refractivity contribution in [2.45, 2.75) is 25.5 Å². The third kappa shape index (κ3) is 7.22. The van der Waals surface area contributed by atoms with Gasteiger partial charge in [-0.3, -0.25) is 4.79 Å². The van der Waals surface area contributed by atoms with Gasteiger partial charge in [-0.15, -0.1) is 0 Å². The van der Waals surface area contributed by atoms with Crippen LogP contribution >= 0.6 is 0 Å². The standard InChI is InChI=1S/C27H27F3O7/c1-33-16-37-25-22(27(28,29)30)13-10-20(24(25)26(34-2)35-3)15-36-21-11-8-19(9-12-21)18-6-4-17(5-7-18)14-23(31)32/h4-13,26H,14-16H2,1-3H3,(H,31,32). The summed E-state index contributed by atoms with van der Waals surface area (Å²) in [7, 11) is 3.93. The number of methoxy groups -OCH3 is 3. The van der Waals surface area contributed by atoms with E-state index in [-0.39, 0.29) is 18.6 Å². The Hall–Kier alpha value is -3.60. The van der Waals surface area contributed by atoms with Crippen LogP contribution in [0.1, 0.15) is 28.5 Å². The van der Waals surface area contributed by atoms with Gasteiger partial charge in [-0.2, -0.15) is 13.2 Å². The molecule has 0 unspecified atom stereocenters. The molecule has 3 rings (SSSR count). The third-order valence-corrected chi connectivity index (χ3v) is 5.47. The van der Waals surface area contributed by atoms with Crippen LogP contribution in [-0.4, -0.2) is 39.2 Å². The van der Waals surface area contributed by atoms with Gasteiger partial charge in [0.1, 0.15) is 18.1 Å². The number of carbonyl (C=O) groups is 1. The fourth-order valence-electron chi connectivity index (χ4n) is 3.75. The van der Waals surface area contributed by atoms with Gasteiger partial charge in [0.15, 0.2) is 13.1 Å². The summed E-state index contributed by atoms with van der Waals surface area (Å²) in [5.41, 5.74) is 1.93. The molecule has 0 saturated carbocycles. The van der Waals surface area contributed by atoms with Gasteiger partial charge in [-0.1, -0.05) is 42.5 Å². The Morgan fingerprint density at radius 2 is 1.46 bits per heavy atom. The zero-order chi connectivity index (χ0) is 27.0. The second-order valence-corrected chi connectivity index (χ2v) is 7.95. The molecule has 0 aliphatic rings. The molecule has 0 spiro atoms. The maximum atomic E-state index is 13.7. The van der Waals surface area contributed by atoms with Crippen molar-refractivity contribution in [1.29, 1.82) is 0 Å². The molecule has 198 valence electrons. The third-order valence-electron chi connectivity index (χ3n) is 5.47. The first kappa shape index (κ1) is 28.0. The van der Waals surface area contributed by atoms with Gasteiger partial charge in [0.05, 0.1) is 17.5 Å². The normalized spacial score (nSPS) is 11.5. The van der Waals surface area contributed by atoms with Crippen molar-refractivity contribution in [3.63, 3.8) is 0 Å². The van der Waals surface area contributed by atoms with Gasteiger partial charge in [-0.05, 0) is 34.9 Å². The fraction of sp³-hybridized carbons (Fsp3) is 0.296. The Morgan fingerprint density at radius 3 is 1.97 bits per heavy atom. The predicted octanol–water partition coefficient (Wildman–Crippen LogP) is 5.85. The van der Waals surface area contributed by atoms with E-state index in [1.165, 1.54) is 27.4 Å². The van der Waals surface area contributed by atoms with Crippen molar-refractivity contribution in [2.75, 3.05) is 28.1 Å². The van der Waals surface area contributed by atoms with Crippen LogP contribution in [0.2, 0.25) is 0 Å².